The van der Waals surface area contributed by atoms with Gasteiger partial charge in [-0.3, -0.25) is 9.79 Å². The number of hydrogen-bond donors (Lipinski definition) is 3. The van der Waals surface area contributed by atoms with Crippen LogP contribution in [0.5, 0.6) is 0 Å². The normalized spacial score (nSPS) is 18.6. The molecule has 0 radical (unpaired) electrons. The molecule has 0 spiro atoms. The lowest BCUT2D eigenvalue weighted by molar-refractivity contribution is -0.122. The lowest BCUT2D eigenvalue weighted by atomic mass is 9.97. The highest BCUT2D eigenvalue weighted by molar-refractivity contribution is 5.81. The first-order valence-electron chi connectivity index (χ1n) is 10.6. The Morgan fingerprint density at radius 1 is 1.04 bits per heavy atom. The Hall–Kier alpha value is -1.99. The molecule has 0 atom stereocenters. The molecule has 1 heterocycles. The summed E-state index contributed by atoms with van der Waals surface area (Å²) in [6, 6.07) is 0. The predicted molar refractivity (Wildman–Crippen MR) is 110 cm³/mol. The molecule has 0 aromatic heterocycles. The van der Waals surface area contributed by atoms with Crippen molar-refractivity contribution >= 4 is 18.0 Å². The van der Waals surface area contributed by atoms with Gasteiger partial charge in [-0.1, -0.05) is 0 Å². The molecule has 8 heteroatoms. The highest BCUT2D eigenvalue weighted by atomic mass is 16.6. The smallest absolute Gasteiger partial charge is 0.410 e. The molecular weight excluding hydrogens is 358 g/mol. The minimum absolute atomic E-state index is 0.167. The Morgan fingerprint density at radius 3 is 2.25 bits per heavy atom. The summed E-state index contributed by atoms with van der Waals surface area (Å²) >= 11 is 0. The standard InChI is InChI=1S/C20H37N5O3/c1-5-21-18(23-11-10-22-17(26)16-6-7-16)24-14-15-8-12-25(13-9-15)19(27)28-20(2,3)4/h15-16H,5-14H2,1-4H3,(H,22,26)(H2,21,23,24). The molecule has 28 heavy (non-hydrogen) atoms. The van der Waals surface area contributed by atoms with Gasteiger partial charge in [0.1, 0.15) is 5.60 Å². The van der Waals surface area contributed by atoms with Gasteiger partial charge in [-0.25, -0.2) is 4.79 Å². The summed E-state index contributed by atoms with van der Waals surface area (Å²) in [6.07, 6.45) is 3.68. The van der Waals surface area contributed by atoms with Crippen molar-refractivity contribution < 1.29 is 14.3 Å². The fourth-order valence-corrected chi connectivity index (χ4v) is 3.04. The summed E-state index contributed by atoms with van der Waals surface area (Å²) < 4.78 is 5.44. The van der Waals surface area contributed by atoms with E-state index < -0.39 is 5.60 Å². The fourth-order valence-electron chi connectivity index (χ4n) is 3.04. The van der Waals surface area contributed by atoms with Crippen LogP contribution in [0, 0.1) is 11.8 Å². The molecule has 1 saturated carbocycles. The van der Waals surface area contributed by atoms with Crippen LogP contribution in [-0.2, 0) is 9.53 Å². The minimum Gasteiger partial charge on any atom is -0.444 e. The molecule has 1 saturated heterocycles. The van der Waals surface area contributed by atoms with Crippen molar-refractivity contribution in [2.45, 2.75) is 59.0 Å². The van der Waals surface area contributed by atoms with E-state index in [9.17, 15) is 9.59 Å². The molecule has 0 bridgehead atoms. The average molecular weight is 396 g/mol. The van der Waals surface area contributed by atoms with Crippen molar-refractivity contribution in [3.8, 4) is 0 Å². The second-order valence-electron chi connectivity index (χ2n) is 8.62. The highest BCUT2D eigenvalue weighted by Gasteiger charge is 2.29. The van der Waals surface area contributed by atoms with E-state index in [1.807, 2.05) is 27.7 Å². The molecule has 3 N–H and O–H groups in total. The fraction of sp³-hybridized carbons (Fsp3) is 0.850. The molecule has 0 unspecified atom stereocenters. The number of rotatable bonds is 7. The van der Waals surface area contributed by atoms with Gasteiger partial charge in [0.2, 0.25) is 5.91 Å². The Kier molecular flexibility index (Phi) is 8.38. The molecule has 8 nitrogen and oxygen atoms in total. The van der Waals surface area contributed by atoms with Crippen molar-refractivity contribution in [3.05, 3.63) is 0 Å². The lowest BCUT2D eigenvalue weighted by Gasteiger charge is -2.33. The maximum atomic E-state index is 12.1. The van der Waals surface area contributed by atoms with Gasteiger partial charge in [-0.2, -0.15) is 0 Å². The first kappa shape index (κ1) is 22.3. The zero-order valence-corrected chi connectivity index (χ0v) is 17.8. The van der Waals surface area contributed by atoms with Crippen LogP contribution in [0.4, 0.5) is 4.79 Å². The number of piperidine rings is 1. The van der Waals surface area contributed by atoms with Crippen molar-refractivity contribution in [2.24, 2.45) is 16.8 Å². The second-order valence-corrected chi connectivity index (χ2v) is 8.62. The molecule has 0 aromatic carbocycles. The first-order chi connectivity index (χ1) is 13.3. The topological polar surface area (TPSA) is 95.1 Å². The van der Waals surface area contributed by atoms with E-state index >= 15 is 0 Å². The Bertz CT molecular complexity index is 547. The molecule has 160 valence electrons. The van der Waals surface area contributed by atoms with E-state index in [0.717, 1.165) is 44.7 Å². The lowest BCUT2D eigenvalue weighted by Crippen LogP contribution is -2.43. The minimum atomic E-state index is -0.456. The number of guanidine groups is 1. The number of nitrogens with one attached hydrogen (secondary N) is 3. The van der Waals surface area contributed by atoms with Gasteiger partial charge < -0.3 is 25.6 Å². The monoisotopic (exact) mass is 395 g/mol. The zero-order valence-electron chi connectivity index (χ0n) is 17.8. The van der Waals surface area contributed by atoms with Gasteiger partial charge in [0.05, 0.1) is 0 Å². The molecule has 1 aliphatic heterocycles. The van der Waals surface area contributed by atoms with Crippen LogP contribution < -0.4 is 16.0 Å². The maximum Gasteiger partial charge on any atom is 0.410 e. The van der Waals surface area contributed by atoms with Gasteiger partial charge in [-0.15, -0.1) is 0 Å². The molecule has 2 amide bonds. The number of ether oxygens (including phenoxy) is 1. The van der Waals surface area contributed by atoms with Crippen LogP contribution in [0.25, 0.3) is 0 Å². The van der Waals surface area contributed by atoms with Gasteiger partial charge in [0, 0.05) is 45.2 Å². The van der Waals surface area contributed by atoms with Crippen molar-refractivity contribution in [1.29, 1.82) is 0 Å². The van der Waals surface area contributed by atoms with Crippen LogP contribution in [-0.4, -0.2) is 67.7 Å². The third-order valence-electron chi connectivity index (χ3n) is 4.78. The van der Waals surface area contributed by atoms with E-state index in [0.29, 0.717) is 32.1 Å². The number of amides is 2. The number of carbonyl (C=O) groups excluding carboxylic acids is 2. The molecule has 2 fully saturated rings. The molecule has 2 rings (SSSR count). The van der Waals surface area contributed by atoms with E-state index in [1.165, 1.54) is 0 Å². The summed E-state index contributed by atoms with van der Waals surface area (Å²) in [7, 11) is 0. The maximum absolute atomic E-state index is 12.1. The second kappa shape index (κ2) is 10.5. The largest absolute Gasteiger partial charge is 0.444 e. The first-order valence-corrected chi connectivity index (χ1v) is 10.6. The van der Waals surface area contributed by atoms with Crippen molar-refractivity contribution in [1.82, 2.24) is 20.9 Å². The van der Waals surface area contributed by atoms with Gasteiger partial charge in [0.25, 0.3) is 0 Å². The number of carbonyl (C=O) groups is 2. The number of nitrogens with zero attached hydrogens (tertiary/aromatic N) is 2. The Labute approximate surface area is 168 Å². The summed E-state index contributed by atoms with van der Waals surface area (Å²) in [5.41, 5.74) is -0.456. The van der Waals surface area contributed by atoms with Crippen molar-refractivity contribution in [2.75, 3.05) is 39.3 Å². The van der Waals surface area contributed by atoms with Crippen molar-refractivity contribution in [3.63, 3.8) is 0 Å². The Morgan fingerprint density at radius 2 is 1.68 bits per heavy atom. The highest BCUT2D eigenvalue weighted by Crippen LogP contribution is 2.28. The number of hydrogen-bond acceptors (Lipinski definition) is 4. The van der Waals surface area contributed by atoms with E-state index in [2.05, 4.69) is 20.9 Å². The van der Waals surface area contributed by atoms with E-state index in [4.69, 9.17) is 4.74 Å². The quantitative estimate of drug-likeness (QED) is 0.347. The SMILES string of the molecule is CCNC(=NCC1CCN(C(=O)OC(C)(C)C)CC1)NCCNC(=O)C1CC1. The third kappa shape index (κ3) is 8.35. The van der Waals surface area contributed by atoms with Gasteiger partial charge in [-0.05, 0) is 59.3 Å². The number of aliphatic imine (C=N–C) groups is 1. The molecular formula is C20H37N5O3. The summed E-state index contributed by atoms with van der Waals surface area (Å²) in [4.78, 5) is 30.2. The average Bonchev–Trinajstić information content (AvgIpc) is 3.47. The summed E-state index contributed by atoms with van der Waals surface area (Å²) in [6.45, 7) is 11.9. The molecule has 0 aromatic rings. The van der Waals surface area contributed by atoms with Gasteiger partial charge in [0.15, 0.2) is 5.96 Å². The number of likely N-dealkylation sites (tertiary alicyclic amines) is 1. The zero-order chi connectivity index (χ0) is 20.6. The van der Waals surface area contributed by atoms with E-state index in [-0.39, 0.29) is 17.9 Å². The van der Waals surface area contributed by atoms with Gasteiger partial charge >= 0.3 is 6.09 Å². The third-order valence-corrected chi connectivity index (χ3v) is 4.78. The van der Waals surface area contributed by atoms with Crippen LogP contribution in [0.2, 0.25) is 0 Å². The summed E-state index contributed by atoms with van der Waals surface area (Å²) in [5, 5.41) is 9.45. The predicted octanol–water partition coefficient (Wildman–Crippen LogP) is 1.71. The van der Waals surface area contributed by atoms with Crippen LogP contribution >= 0.6 is 0 Å². The molecule has 2 aliphatic rings. The molecule has 1 aliphatic carbocycles. The summed E-state index contributed by atoms with van der Waals surface area (Å²) in [5.74, 6) is 1.65. The van der Waals surface area contributed by atoms with Crippen LogP contribution in [0.15, 0.2) is 4.99 Å². The Balaban J connectivity index is 1.67. The van der Waals surface area contributed by atoms with E-state index in [1.54, 1.807) is 4.90 Å². The van der Waals surface area contributed by atoms with Crippen LogP contribution in [0.1, 0.15) is 53.4 Å². The van der Waals surface area contributed by atoms with Crippen LogP contribution in [0.3, 0.4) is 0 Å².